The average Bonchev–Trinajstić information content (AvgIpc) is 2.77. The van der Waals surface area contributed by atoms with E-state index < -0.39 is 33.6 Å². The minimum Gasteiger partial charge on any atom is -0.319 e. The average molecular weight is 362 g/mol. The van der Waals surface area contributed by atoms with Gasteiger partial charge in [-0.3, -0.25) is 9.59 Å². The number of benzene rings is 2. The Morgan fingerprint density at radius 3 is 2.56 bits per heavy atom. The van der Waals surface area contributed by atoms with E-state index in [1.165, 1.54) is 49.4 Å². The van der Waals surface area contributed by atoms with Gasteiger partial charge in [-0.05, 0) is 30.3 Å². The fraction of sp³-hybridized carbons (Fsp3) is 0.176. The van der Waals surface area contributed by atoms with Crippen LogP contribution in [0.1, 0.15) is 17.3 Å². The second-order valence-corrected chi connectivity index (χ2v) is 7.63. The van der Waals surface area contributed by atoms with Crippen LogP contribution in [0, 0.1) is 11.7 Å². The van der Waals surface area contributed by atoms with Crippen molar-refractivity contribution in [1.82, 2.24) is 0 Å². The molecule has 130 valence electrons. The first kappa shape index (κ1) is 17.1. The van der Waals surface area contributed by atoms with Gasteiger partial charge in [-0.25, -0.2) is 17.1 Å². The van der Waals surface area contributed by atoms with Crippen molar-refractivity contribution in [1.29, 1.82) is 0 Å². The maximum Gasteiger partial charge on any atom is 0.255 e. The zero-order valence-electron chi connectivity index (χ0n) is 13.3. The highest BCUT2D eigenvalue weighted by Crippen LogP contribution is 2.29. The topological polar surface area (TPSA) is 83.6 Å². The number of amides is 2. The summed E-state index contributed by atoms with van der Waals surface area (Å²) in [4.78, 5) is 24.4. The first-order valence-corrected chi connectivity index (χ1v) is 9.13. The summed E-state index contributed by atoms with van der Waals surface area (Å²) >= 11 is 0. The molecule has 0 aromatic heterocycles. The molecule has 25 heavy (non-hydrogen) atoms. The van der Waals surface area contributed by atoms with Gasteiger partial charge < -0.3 is 5.32 Å². The van der Waals surface area contributed by atoms with Crippen LogP contribution in [0.15, 0.2) is 48.5 Å². The maximum absolute atomic E-state index is 13.6. The fourth-order valence-corrected chi connectivity index (χ4v) is 4.43. The third-order valence-corrected chi connectivity index (χ3v) is 5.69. The lowest BCUT2D eigenvalue weighted by Crippen LogP contribution is -2.30. The molecule has 1 fully saturated rings. The summed E-state index contributed by atoms with van der Waals surface area (Å²) in [7, 11) is -3.75. The number of halogens is 1. The Bertz CT molecular complexity index is 959. The lowest BCUT2D eigenvalue weighted by atomic mass is 10.1. The van der Waals surface area contributed by atoms with E-state index in [0.29, 0.717) is 0 Å². The maximum atomic E-state index is 13.6. The lowest BCUT2D eigenvalue weighted by molar-refractivity contribution is -0.119. The molecule has 1 aliphatic heterocycles. The lowest BCUT2D eigenvalue weighted by Gasteiger charge is -2.16. The standard InChI is InChI=1S/C17H15FN2O4S/c1-11-10-25(23,24)20(17(11)22)13-6-4-5-12(9-13)16(21)19-15-8-3-2-7-14(15)18/h2-9,11H,10H2,1H3,(H,19,21)/t11-/m1/s1. The van der Waals surface area contributed by atoms with Crippen LogP contribution in [0.3, 0.4) is 0 Å². The number of anilines is 2. The zero-order chi connectivity index (χ0) is 18.2. The van der Waals surface area contributed by atoms with Crippen molar-refractivity contribution in [3.05, 3.63) is 59.9 Å². The van der Waals surface area contributed by atoms with Crippen LogP contribution < -0.4 is 9.62 Å². The predicted octanol–water partition coefficient (Wildman–Crippen LogP) is 2.39. The van der Waals surface area contributed by atoms with Crippen LogP contribution in [0.2, 0.25) is 0 Å². The molecule has 8 heteroatoms. The number of carbonyl (C=O) groups excluding carboxylic acids is 2. The number of hydrogen-bond donors (Lipinski definition) is 1. The van der Waals surface area contributed by atoms with Gasteiger partial charge in [-0.15, -0.1) is 0 Å². The van der Waals surface area contributed by atoms with Gasteiger partial charge in [-0.1, -0.05) is 25.1 Å². The summed E-state index contributed by atoms with van der Waals surface area (Å²) in [6.07, 6.45) is 0. The smallest absolute Gasteiger partial charge is 0.255 e. The molecule has 2 amide bonds. The first-order valence-electron chi connectivity index (χ1n) is 7.52. The third-order valence-electron chi connectivity index (χ3n) is 3.83. The van der Waals surface area contributed by atoms with Crippen LogP contribution in [-0.2, 0) is 14.8 Å². The molecule has 2 aromatic carbocycles. The van der Waals surface area contributed by atoms with Crippen molar-refractivity contribution in [3.63, 3.8) is 0 Å². The third kappa shape index (κ3) is 3.25. The summed E-state index contributed by atoms with van der Waals surface area (Å²) in [5.74, 6) is -2.63. The second kappa shape index (κ2) is 6.29. The molecule has 6 nitrogen and oxygen atoms in total. The predicted molar refractivity (Wildman–Crippen MR) is 91.2 cm³/mol. The number of para-hydroxylation sites is 1. The van der Waals surface area contributed by atoms with Crippen LogP contribution in [0.4, 0.5) is 15.8 Å². The molecule has 0 aliphatic carbocycles. The van der Waals surface area contributed by atoms with Crippen molar-refractivity contribution < 1.29 is 22.4 Å². The van der Waals surface area contributed by atoms with Crippen LogP contribution in [0.25, 0.3) is 0 Å². The van der Waals surface area contributed by atoms with Gasteiger partial charge in [0, 0.05) is 5.56 Å². The van der Waals surface area contributed by atoms with Gasteiger partial charge in [-0.2, -0.15) is 0 Å². The van der Waals surface area contributed by atoms with Gasteiger partial charge in [0.15, 0.2) is 0 Å². The van der Waals surface area contributed by atoms with Crippen molar-refractivity contribution >= 4 is 33.2 Å². The minimum absolute atomic E-state index is 0.0106. The van der Waals surface area contributed by atoms with E-state index in [1.54, 1.807) is 6.07 Å². The van der Waals surface area contributed by atoms with Crippen LogP contribution >= 0.6 is 0 Å². The number of rotatable bonds is 3. The summed E-state index contributed by atoms with van der Waals surface area (Å²) in [6.45, 7) is 1.54. The van der Waals surface area contributed by atoms with E-state index in [2.05, 4.69) is 5.32 Å². The van der Waals surface area contributed by atoms with Gasteiger partial charge >= 0.3 is 0 Å². The van der Waals surface area contributed by atoms with Crippen molar-refractivity contribution in [2.24, 2.45) is 5.92 Å². The largest absolute Gasteiger partial charge is 0.319 e. The number of nitrogens with one attached hydrogen (secondary N) is 1. The molecule has 3 rings (SSSR count). The zero-order valence-corrected chi connectivity index (χ0v) is 14.1. The van der Waals surface area contributed by atoms with E-state index in [4.69, 9.17) is 0 Å². The van der Waals surface area contributed by atoms with Gasteiger partial charge in [0.25, 0.3) is 5.91 Å². The number of nitrogens with zero attached hydrogens (tertiary/aromatic N) is 1. The monoisotopic (exact) mass is 362 g/mol. The van der Waals surface area contributed by atoms with Gasteiger partial charge in [0.2, 0.25) is 15.9 Å². The summed E-state index contributed by atoms with van der Waals surface area (Å²) in [5, 5.41) is 2.42. The molecule has 1 heterocycles. The van der Waals surface area contributed by atoms with Crippen LogP contribution in [-0.4, -0.2) is 26.0 Å². The number of carbonyl (C=O) groups is 2. The Kier molecular flexibility index (Phi) is 4.30. The quantitative estimate of drug-likeness (QED) is 0.909. The molecule has 1 atom stereocenters. The Morgan fingerprint density at radius 1 is 1.20 bits per heavy atom. The molecule has 0 radical (unpaired) electrons. The molecular formula is C17H15FN2O4S. The number of hydrogen-bond acceptors (Lipinski definition) is 4. The molecule has 1 saturated heterocycles. The second-order valence-electron chi connectivity index (χ2n) is 5.77. The Labute approximate surface area is 144 Å². The fourth-order valence-electron chi connectivity index (χ4n) is 2.62. The SMILES string of the molecule is C[C@@H]1CS(=O)(=O)N(c2cccc(C(=O)Nc3ccccc3F)c2)C1=O. The highest BCUT2D eigenvalue weighted by Gasteiger charge is 2.42. The molecule has 0 saturated carbocycles. The van der Waals surface area contributed by atoms with E-state index in [0.717, 1.165) is 4.31 Å². The van der Waals surface area contributed by atoms with Crippen LogP contribution in [0.5, 0.6) is 0 Å². The highest BCUT2D eigenvalue weighted by atomic mass is 32.2. The van der Waals surface area contributed by atoms with Crippen molar-refractivity contribution in [2.45, 2.75) is 6.92 Å². The summed E-state index contributed by atoms with van der Waals surface area (Å²) < 4.78 is 38.7. The molecule has 0 bridgehead atoms. The Hall–Kier alpha value is -2.74. The Morgan fingerprint density at radius 2 is 1.92 bits per heavy atom. The molecule has 0 unspecified atom stereocenters. The van der Waals surface area contributed by atoms with E-state index in [9.17, 15) is 22.4 Å². The minimum atomic E-state index is -3.75. The molecule has 2 aromatic rings. The summed E-state index contributed by atoms with van der Waals surface area (Å²) in [6, 6.07) is 11.4. The van der Waals surface area contributed by atoms with E-state index in [1.807, 2.05) is 0 Å². The van der Waals surface area contributed by atoms with Crippen molar-refractivity contribution in [3.8, 4) is 0 Å². The molecule has 1 N–H and O–H groups in total. The highest BCUT2D eigenvalue weighted by molar-refractivity contribution is 7.94. The Balaban J connectivity index is 1.91. The van der Waals surface area contributed by atoms with Crippen molar-refractivity contribution in [2.75, 3.05) is 15.4 Å². The normalized spacial score (nSPS) is 19.0. The van der Waals surface area contributed by atoms with Gasteiger partial charge in [0.05, 0.1) is 23.0 Å². The molecule has 1 aliphatic rings. The van der Waals surface area contributed by atoms with Gasteiger partial charge in [0.1, 0.15) is 5.82 Å². The first-order chi connectivity index (χ1) is 11.8. The molecule has 0 spiro atoms. The number of sulfonamides is 1. The molecular weight excluding hydrogens is 347 g/mol. The van der Waals surface area contributed by atoms with E-state index >= 15 is 0 Å². The van der Waals surface area contributed by atoms with E-state index in [-0.39, 0.29) is 22.7 Å². The summed E-state index contributed by atoms with van der Waals surface area (Å²) in [5.41, 5.74) is 0.218.